The number of anilines is 2. The Bertz CT molecular complexity index is 804. The quantitative estimate of drug-likeness (QED) is 0.713. The minimum Gasteiger partial charge on any atom is -0.339 e. The Morgan fingerprint density at radius 1 is 0.880 bits per heavy atom. The van der Waals surface area contributed by atoms with Crippen LogP contribution < -0.4 is 16.0 Å². The third kappa shape index (κ3) is 6.10. The fraction of sp³-hybridized carbons (Fsp3) is 0.118. The second-order valence-electron chi connectivity index (χ2n) is 5.21. The third-order valence-electron chi connectivity index (χ3n) is 3.04. The monoisotopic (exact) mass is 379 g/mol. The van der Waals surface area contributed by atoms with Crippen molar-refractivity contribution in [2.24, 2.45) is 0 Å². The molecule has 130 valence electrons. The van der Waals surface area contributed by atoms with Gasteiger partial charge in [0.25, 0.3) is 0 Å². The predicted molar refractivity (Wildman–Crippen MR) is 97.9 cm³/mol. The summed E-state index contributed by atoms with van der Waals surface area (Å²) in [6.07, 6.45) is 0. The lowest BCUT2D eigenvalue weighted by Crippen LogP contribution is -2.39. The smallest absolute Gasteiger partial charge is 0.313 e. The molecule has 0 fully saturated rings. The molecule has 0 spiro atoms. The Morgan fingerprint density at radius 3 is 2.20 bits per heavy atom. The van der Waals surface area contributed by atoms with E-state index < -0.39 is 17.7 Å². The average Bonchev–Trinajstić information content (AvgIpc) is 2.51. The summed E-state index contributed by atoms with van der Waals surface area (Å²) in [7, 11) is 0. The van der Waals surface area contributed by atoms with Crippen LogP contribution in [0.4, 0.5) is 11.4 Å². The topological polar surface area (TPSA) is 87.3 Å². The molecule has 0 bridgehead atoms. The van der Waals surface area contributed by atoms with Gasteiger partial charge >= 0.3 is 11.8 Å². The first-order valence-electron chi connectivity index (χ1n) is 7.25. The van der Waals surface area contributed by atoms with Crippen LogP contribution in [0.1, 0.15) is 5.56 Å². The lowest BCUT2D eigenvalue weighted by atomic mass is 10.2. The Kier molecular flexibility index (Phi) is 6.38. The lowest BCUT2D eigenvalue weighted by molar-refractivity contribution is -0.136. The molecule has 0 heterocycles. The maximum Gasteiger partial charge on any atom is 0.313 e. The highest BCUT2D eigenvalue weighted by Gasteiger charge is 2.15. The van der Waals surface area contributed by atoms with Crippen LogP contribution >= 0.6 is 23.2 Å². The highest BCUT2D eigenvalue weighted by atomic mass is 35.5. The Labute approximate surface area is 154 Å². The van der Waals surface area contributed by atoms with Crippen molar-refractivity contribution >= 4 is 52.3 Å². The number of aryl methyl sites for hydroxylation is 1. The van der Waals surface area contributed by atoms with E-state index in [2.05, 4.69) is 16.0 Å². The number of carbonyl (C=O) groups is 3. The third-order valence-corrected chi connectivity index (χ3v) is 3.47. The molecule has 2 aromatic rings. The number of hydrogen-bond acceptors (Lipinski definition) is 3. The van der Waals surface area contributed by atoms with Crippen molar-refractivity contribution in [1.29, 1.82) is 0 Å². The zero-order valence-corrected chi connectivity index (χ0v) is 14.7. The van der Waals surface area contributed by atoms with Crippen molar-refractivity contribution in [3.63, 3.8) is 0 Å². The van der Waals surface area contributed by atoms with Gasteiger partial charge in [-0.3, -0.25) is 14.4 Å². The molecule has 0 saturated heterocycles. The largest absolute Gasteiger partial charge is 0.339 e. The van der Waals surface area contributed by atoms with Gasteiger partial charge in [-0.05, 0) is 42.8 Å². The molecule has 0 aliphatic rings. The Morgan fingerprint density at radius 2 is 1.56 bits per heavy atom. The van der Waals surface area contributed by atoms with E-state index in [-0.39, 0.29) is 12.2 Å². The van der Waals surface area contributed by atoms with E-state index in [0.717, 1.165) is 5.56 Å². The van der Waals surface area contributed by atoms with E-state index >= 15 is 0 Å². The number of hydrogen-bond donors (Lipinski definition) is 3. The van der Waals surface area contributed by atoms with Crippen LogP contribution in [-0.4, -0.2) is 24.3 Å². The van der Waals surface area contributed by atoms with Gasteiger partial charge in [0, 0.05) is 21.4 Å². The Balaban J connectivity index is 1.84. The molecule has 2 aromatic carbocycles. The van der Waals surface area contributed by atoms with Crippen molar-refractivity contribution < 1.29 is 14.4 Å². The summed E-state index contributed by atoms with van der Waals surface area (Å²) in [6.45, 7) is 1.56. The number of amides is 3. The molecule has 0 aliphatic heterocycles. The molecular formula is C17H15Cl2N3O3. The van der Waals surface area contributed by atoms with Gasteiger partial charge in [-0.15, -0.1) is 0 Å². The normalized spacial score (nSPS) is 10.0. The molecule has 6 nitrogen and oxygen atoms in total. The van der Waals surface area contributed by atoms with Gasteiger partial charge in [0.2, 0.25) is 5.91 Å². The van der Waals surface area contributed by atoms with E-state index in [0.29, 0.717) is 15.7 Å². The second kappa shape index (κ2) is 8.50. The molecule has 0 unspecified atom stereocenters. The summed E-state index contributed by atoms with van der Waals surface area (Å²) in [5, 5.41) is 7.85. The van der Waals surface area contributed by atoms with Crippen LogP contribution in [0.3, 0.4) is 0 Å². The maximum absolute atomic E-state index is 11.8. The molecule has 0 radical (unpaired) electrons. The predicted octanol–water partition coefficient (Wildman–Crippen LogP) is 3.00. The number of carbonyl (C=O) groups excluding carboxylic acids is 3. The zero-order chi connectivity index (χ0) is 18.4. The summed E-state index contributed by atoms with van der Waals surface area (Å²) in [5.74, 6) is -2.32. The van der Waals surface area contributed by atoms with E-state index in [4.69, 9.17) is 23.2 Å². The molecule has 0 atom stereocenters. The second-order valence-corrected chi connectivity index (χ2v) is 6.09. The maximum atomic E-state index is 11.8. The van der Waals surface area contributed by atoms with Crippen molar-refractivity contribution in [2.45, 2.75) is 6.92 Å². The number of nitrogens with one attached hydrogen (secondary N) is 3. The van der Waals surface area contributed by atoms with Gasteiger partial charge in [0.05, 0.1) is 6.54 Å². The minimum atomic E-state index is -0.949. The van der Waals surface area contributed by atoms with Crippen LogP contribution in [-0.2, 0) is 14.4 Å². The first kappa shape index (κ1) is 18.8. The van der Waals surface area contributed by atoms with Gasteiger partial charge in [-0.1, -0.05) is 35.3 Å². The zero-order valence-electron chi connectivity index (χ0n) is 13.2. The first-order valence-corrected chi connectivity index (χ1v) is 8.01. The van der Waals surface area contributed by atoms with Crippen molar-refractivity contribution in [3.05, 3.63) is 58.1 Å². The molecular weight excluding hydrogens is 365 g/mol. The lowest BCUT2D eigenvalue weighted by Gasteiger charge is -2.08. The van der Waals surface area contributed by atoms with Crippen molar-refractivity contribution in [2.75, 3.05) is 17.2 Å². The standard InChI is InChI=1S/C17H15Cl2N3O3/c1-10-3-2-4-13(5-10)21-15(23)9-20-16(24)17(25)22-14-7-11(18)6-12(19)8-14/h2-8H,9H2,1H3,(H,20,24)(H,21,23)(H,22,25). The molecule has 0 saturated carbocycles. The van der Waals surface area contributed by atoms with E-state index in [9.17, 15) is 14.4 Å². The van der Waals surface area contributed by atoms with Gasteiger partial charge < -0.3 is 16.0 Å². The number of benzene rings is 2. The van der Waals surface area contributed by atoms with Crippen LogP contribution in [0.15, 0.2) is 42.5 Å². The Hall–Kier alpha value is -2.57. The molecule has 2 rings (SSSR count). The van der Waals surface area contributed by atoms with Gasteiger partial charge in [0.1, 0.15) is 0 Å². The SMILES string of the molecule is Cc1cccc(NC(=O)CNC(=O)C(=O)Nc2cc(Cl)cc(Cl)c2)c1. The van der Waals surface area contributed by atoms with Gasteiger partial charge in [0.15, 0.2) is 0 Å². The average molecular weight is 380 g/mol. The number of rotatable bonds is 4. The summed E-state index contributed by atoms with van der Waals surface area (Å²) in [5.41, 5.74) is 1.88. The van der Waals surface area contributed by atoms with Crippen molar-refractivity contribution in [1.82, 2.24) is 5.32 Å². The van der Waals surface area contributed by atoms with E-state index in [1.54, 1.807) is 18.2 Å². The summed E-state index contributed by atoms with van der Waals surface area (Å²) < 4.78 is 0. The fourth-order valence-electron chi connectivity index (χ4n) is 1.98. The van der Waals surface area contributed by atoms with Crippen LogP contribution in [0.2, 0.25) is 10.0 Å². The van der Waals surface area contributed by atoms with Crippen LogP contribution in [0, 0.1) is 6.92 Å². The molecule has 0 aliphatic carbocycles. The van der Waals surface area contributed by atoms with Crippen LogP contribution in [0.5, 0.6) is 0 Å². The fourth-order valence-corrected chi connectivity index (χ4v) is 2.51. The highest BCUT2D eigenvalue weighted by molar-refractivity contribution is 6.40. The summed E-state index contributed by atoms with van der Waals surface area (Å²) in [4.78, 5) is 35.4. The molecule has 8 heteroatoms. The minimum absolute atomic E-state index is 0.280. The molecule has 3 N–H and O–H groups in total. The molecule has 3 amide bonds. The van der Waals surface area contributed by atoms with E-state index in [1.165, 1.54) is 18.2 Å². The van der Waals surface area contributed by atoms with Crippen LogP contribution in [0.25, 0.3) is 0 Å². The molecule has 25 heavy (non-hydrogen) atoms. The highest BCUT2D eigenvalue weighted by Crippen LogP contribution is 2.22. The first-order chi connectivity index (χ1) is 11.8. The van der Waals surface area contributed by atoms with Gasteiger partial charge in [-0.2, -0.15) is 0 Å². The summed E-state index contributed by atoms with van der Waals surface area (Å²) >= 11 is 11.6. The van der Waals surface area contributed by atoms with Gasteiger partial charge in [-0.25, -0.2) is 0 Å². The summed E-state index contributed by atoms with van der Waals surface area (Å²) in [6, 6.07) is 11.6. The molecule has 0 aromatic heterocycles. The number of halogens is 2. The van der Waals surface area contributed by atoms with Crippen molar-refractivity contribution in [3.8, 4) is 0 Å². The van der Waals surface area contributed by atoms with E-state index in [1.807, 2.05) is 13.0 Å².